The number of carbonyl (C=O) groups is 1. The molecule has 7 atom stereocenters. The Hall–Kier alpha value is -0.630. The Balaban J connectivity index is 1.60. The fourth-order valence-electron chi connectivity index (χ4n) is 10.2. The molecule has 4 fully saturated rings. The average Bonchev–Trinajstić information content (AvgIpc) is 2.65. The standard InChI is InChI=1S/C29H46O2/c1-25(2)13-10-18-19(16-25)20-8-9-23-27(5)14-12-24(31)26(3,4)22(27)11-15-28(23,6)29(20,7)17-21(18)30/h18,22-24,31H,8-17H2,1-7H3/t18?,22-,23+,24-,27-,28+,29+/m0/s1. The summed E-state index contributed by atoms with van der Waals surface area (Å²) in [5, 5.41) is 10.8. The van der Waals surface area contributed by atoms with Gasteiger partial charge in [0.15, 0.2) is 0 Å². The van der Waals surface area contributed by atoms with Crippen molar-refractivity contribution in [3.63, 3.8) is 0 Å². The molecule has 5 rings (SSSR count). The summed E-state index contributed by atoms with van der Waals surface area (Å²) in [5.41, 5.74) is 4.11. The van der Waals surface area contributed by atoms with Gasteiger partial charge in [0, 0.05) is 17.8 Å². The van der Waals surface area contributed by atoms with Gasteiger partial charge >= 0.3 is 0 Å². The zero-order valence-corrected chi connectivity index (χ0v) is 21.2. The quantitative estimate of drug-likeness (QED) is 0.419. The van der Waals surface area contributed by atoms with Gasteiger partial charge in [0.2, 0.25) is 0 Å². The molecule has 4 saturated carbocycles. The van der Waals surface area contributed by atoms with Crippen molar-refractivity contribution in [1.29, 1.82) is 0 Å². The monoisotopic (exact) mass is 426 g/mol. The molecule has 2 nitrogen and oxygen atoms in total. The van der Waals surface area contributed by atoms with Crippen LogP contribution in [0.4, 0.5) is 0 Å². The molecule has 0 bridgehead atoms. The van der Waals surface area contributed by atoms with Gasteiger partial charge in [0.05, 0.1) is 6.10 Å². The van der Waals surface area contributed by atoms with Crippen LogP contribution in [-0.4, -0.2) is 17.0 Å². The smallest absolute Gasteiger partial charge is 0.140 e. The zero-order valence-electron chi connectivity index (χ0n) is 21.2. The molecule has 0 aromatic heterocycles. The van der Waals surface area contributed by atoms with Crippen LogP contribution in [0.15, 0.2) is 11.1 Å². The first-order chi connectivity index (χ1) is 14.3. The number of rotatable bonds is 0. The minimum atomic E-state index is -0.173. The van der Waals surface area contributed by atoms with Gasteiger partial charge in [-0.05, 0) is 91.3 Å². The number of aliphatic hydroxyl groups excluding tert-OH is 1. The lowest BCUT2D eigenvalue weighted by molar-refractivity contribution is -0.203. The van der Waals surface area contributed by atoms with E-state index in [-0.39, 0.29) is 33.7 Å². The van der Waals surface area contributed by atoms with Crippen molar-refractivity contribution >= 4 is 5.78 Å². The van der Waals surface area contributed by atoms with E-state index in [4.69, 9.17) is 0 Å². The van der Waals surface area contributed by atoms with Crippen LogP contribution in [0.5, 0.6) is 0 Å². The molecule has 31 heavy (non-hydrogen) atoms. The normalized spacial score (nSPS) is 50.8. The summed E-state index contributed by atoms with van der Waals surface area (Å²) in [6.45, 7) is 17.1. The van der Waals surface area contributed by atoms with Crippen LogP contribution in [0.25, 0.3) is 0 Å². The number of carbonyl (C=O) groups excluding carboxylic acids is 1. The Morgan fingerprint density at radius 1 is 0.806 bits per heavy atom. The third-order valence-electron chi connectivity index (χ3n) is 12.1. The third-order valence-corrected chi connectivity index (χ3v) is 12.1. The first-order valence-electron chi connectivity index (χ1n) is 13.2. The molecule has 5 aliphatic carbocycles. The molecule has 174 valence electrons. The molecule has 2 heteroatoms. The van der Waals surface area contributed by atoms with E-state index in [1.54, 1.807) is 11.1 Å². The van der Waals surface area contributed by atoms with E-state index < -0.39 is 0 Å². The summed E-state index contributed by atoms with van der Waals surface area (Å²) in [6.07, 6.45) is 11.0. The van der Waals surface area contributed by atoms with Crippen LogP contribution in [-0.2, 0) is 4.79 Å². The lowest BCUT2D eigenvalue weighted by atomic mass is 9.34. The summed E-state index contributed by atoms with van der Waals surface area (Å²) in [4.78, 5) is 13.6. The Kier molecular flexibility index (Phi) is 4.64. The third kappa shape index (κ3) is 2.75. The van der Waals surface area contributed by atoms with Gasteiger partial charge in [0.1, 0.15) is 5.78 Å². The van der Waals surface area contributed by atoms with Crippen LogP contribution in [0.2, 0.25) is 0 Å². The van der Waals surface area contributed by atoms with Crippen molar-refractivity contribution in [3.8, 4) is 0 Å². The molecule has 0 heterocycles. The van der Waals surface area contributed by atoms with Gasteiger partial charge < -0.3 is 5.11 Å². The molecule has 0 spiro atoms. The fourth-order valence-corrected chi connectivity index (χ4v) is 10.2. The lowest BCUT2D eigenvalue weighted by Crippen LogP contribution is -2.64. The Morgan fingerprint density at radius 3 is 2.23 bits per heavy atom. The maximum Gasteiger partial charge on any atom is 0.140 e. The van der Waals surface area contributed by atoms with Crippen LogP contribution in [0.3, 0.4) is 0 Å². The summed E-state index contributed by atoms with van der Waals surface area (Å²) in [6, 6.07) is 0. The number of fused-ring (bicyclic) bond motifs is 6. The van der Waals surface area contributed by atoms with E-state index in [0.29, 0.717) is 23.0 Å². The van der Waals surface area contributed by atoms with Gasteiger partial charge in [-0.3, -0.25) is 4.79 Å². The van der Waals surface area contributed by atoms with Crippen molar-refractivity contribution < 1.29 is 9.90 Å². The van der Waals surface area contributed by atoms with Crippen LogP contribution in [0, 0.1) is 44.8 Å². The second kappa shape index (κ2) is 6.49. The minimum Gasteiger partial charge on any atom is -0.393 e. The van der Waals surface area contributed by atoms with Gasteiger partial charge in [0.25, 0.3) is 0 Å². The molecule has 0 radical (unpaired) electrons. The van der Waals surface area contributed by atoms with Crippen molar-refractivity contribution in [1.82, 2.24) is 0 Å². The van der Waals surface area contributed by atoms with E-state index in [2.05, 4.69) is 48.5 Å². The first kappa shape index (κ1) is 22.2. The van der Waals surface area contributed by atoms with E-state index in [9.17, 15) is 9.90 Å². The topological polar surface area (TPSA) is 37.3 Å². The Labute approximate surface area is 190 Å². The largest absolute Gasteiger partial charge is 0.393 e. The predicted octanol–water partition coefficient (Wildman–Crippen LogP) is 7.10. The number of Topliss-reactive ketones (excluding diaryl/α,β-unsaturated/α-hetero) is 1. The Bertz CT molecular complexity index is 834. The summed E-state index contributed by atoms with van der Waals surface area (Å²) < 4.78 is 0. The summed E-state index contributed by atoms with van der Waals surface area (Å²) >= 11 is 0. The van der Waals surface area contributed by atoms with Crippen LogP contribution in [0.1, 0.15) is 113 Å². The van der Waals surface area contributed by atoms with Crippen molar-refractivity contribution in [3.05, 3.63) is 11.1 Å². The van der Waals surface area contributed by atoms with Crippen molar-refractivity contribution in [2.24, 2.45) is 44.8 Å². The molecule has 1 N–H and O–H groups in total. The summed E-state index contributed by atoms with van der Waals surface area (Å²) in [7, 11) is 0. The molecular weight excluding hydrogens is 380 g/mol. The van der Waals surface area contributed by atoms with Crippen LogP contribution >= 0.6 is 0 Å². The fraction of sp³-hybridized carbons (Fsp3) is 0.897. The van der Waals surface area contributed by atoms with E-state index >= 15 is 0 Å². The highest BCUT2D eigenvalue weighted by atomic mass is 16.3. The SMILES string of the molecule is CC1(C)CCC2C(=O)C[C@]3(C)C(=C2C1)CC[C@@H]1[C@@]2(C)CC[C@H](O)C(C)(C)[C@@H]2CC[C@]13C. The maximum atomic E-state index is 13.6. The van der Waals surface area contributed by atoms with E-state index in [0.717, 1.165) is 32.1 Å². The molecule has 0 aromatic rings. The molecular formula is C29H46O2. The highest BCUT2D eigenvalue weighted by molar-refractivity contribution is 5.87. The Morgan fingerprint density at radius 2 is 1.52 bits per heavy atom. The molecule has 0 aliphatic heterocycles. The predicted molar refractivity (Wildman–Crippen MR) is 127 cm³/mol. The van der Waals surface area contributed by atoms with Gasteiger partial charge in [-0.25, -0.2) is 0 Å². The second-order valence-corrected chi connectivity index (χ2v) is 14.4. The number of ketones is 1. The molecule has 1 unspecified atom stereocenters. The number of allylic oxidation sites excluding steroid dienone is 2. The first-order valence-corrected chi connectivity index (χ1v) is 13.2. The number of hydrogen-bond donors (Lipinski definition) is 1. The second-order valence-electron chi connectivity index (χ2n) is 14.4. The van der Waals surface area contributed by atoms with E-state index in [1.165, 1.54) is 32.1 Å². The van der Waals surface area contributed by atoms with Gasteiger partial charge in [-0.2, -0.15) is 0 Å². The molecule has 0 saturated heterocycles. The maximum absolute atomic E-state index is 13.6. The molecule has 0 amide bonds. The average molecular weight is 427 g/mol. The highest BCUT2D eigenvalue weighted by Crippen LogP contribution is 2.74. The minimum absolute atomic E-state index is 0.00511. The zero-order chi connectivity index (χ0) is 22.6. The molecule has 0 aromatic carbocycles. The van der Waals surface area contributed by atoms with Crippen LogP contribution < -0.4 is 0 Å². The van der Waals surface area contributed by atoms with Gasteiger partial charge in [-0.1, -0.05) is 59.6 Å². The van der Waals surface area contributed by atoms with Crippen molar-refractivity contribution in [2.45, 2.75) is 119 Å². The lowest BCUT2D eigenvalue weighted by Gasteiger charge is -2.70. The van der Waals surface area contributed by atoms with Crippen molar-refractivity contribution in [2.75, 3.05) is 0 Å². The highest BCUT2D eigenvalue weighted by Gasteiger charge is 2.67. The number of aliphatic hydroxyl groups is 1. The number of hydrogen-bond acceptors (Lipinski definition) is 2. The summed E-state index contributed by atoms with van der Waals surface area (Å²) in [5.74, 6) is 2.01. The van der Waals surface area contributed by atoms with Gasteiger partial charge in [-0.15, -0.1) is 0 Å². The molecule has 5 aliphatic rings. The van der Waals surface area contributed by atoms with E-state index in [1.807, 2.05) is 0 Å².